The van der Waals surface area contributed by atoms with Gasteiger partial charge in [0, 0.05) is 32.6 Å². The van der Waals surface area contributed by atoms with Gasteiger partial charge in [-0.05, 0) is 27.2 Å². The van der Waals surface area contributed by atoms with Gasteiger partial charge in [0.1, 0.15) is 0 Å². The summed E-state index contributed by atoms with van der Waals surface area (Å²) in [4.78, 5) is 24.4. The van der Waals surface area contributed by atoms with E-state index in [0.29, 0.717) is 25.9 Å². The first-order valence-electron chi connectivity index (χ1n) is 5.95. The molecule has 0 saturated heterocycles. The molecule has 0 aromatic carbocycles. The maximum Gasteiger partial charge on any atom is 0.314 e. The lowest BCUT2D eigenvalue weighted by atomic mass is 10.2. The molecular weight excluding hydrogens is 206 g/mol. The highest BCUT2D eigenvalue weighted by Crippen LogP contribution is 1.96. The molecule has 0 fully saturated rings. The van der Waals surface area contributed by atoms with Crippen molar-refractivity contribution in [3.05, 3.63) is 0 Å². The fourth-order valence-electron chi connectivity index (χ4n) is 1.40. The third-order valence-corrected chi connectivity index (χ3v) is 2.31. The van der Waals surface area contributed by atoms with Crippen molar-refractivity contribution in [2.75, 3.05) is 26.2 Å². The van der Waals surface area contributed by atoms with Crippen LogP contribution in [0.4, 0.5) is 4.79 Å². The lowest BCUT2D eigenvalue weighted by Gasteiger charge is -2.18. The molecule has 2 N–H and O–H groups in total. The number of amides is 3. The van der Waals surface area contributed by atoms with Crippen LogP contribution in [-0.4, -0.2) is 43.0 Å². The lowest BCUT2D eigenvalue weighted by Crippen LogP contribution is -2.36. The minimum absolute atomic E-state index is 0.155. The van der Waals surface area contributed by atoms with Crippen molar-refractivity contribution in [2.24, 2.45) is 0 Å². The highest BCUT2D eigenvalue weighted by atomic mass is 16.2. The molecule has 0 rings (SSSR count). The Balaban J connectivity index is 3.58. The first kappa shape index (κ1) is 14.7. The molecule has 0 aliphatic rings. The molecule has 0 aliphatic carbocycles. The monoisotopic (exact) mass is 229 g/mol. The van der Waals surface area contributed by atoms with Crippen LogP contribution in [0.25, 0.3) is 0 Å². The highest BCUT2D eigenvalue weighted by molar-refractivity contribution is 5.76. The number of hydrogen-bond donors (Lipinski definition) is 2. The first-order chi connectivity index (χ1) is 7.65. The predicted molar refractivity (Wildman–Crippen MR) is 64.2 cm³/mol. The maximum atomic E-state index is 11.6. The zero-order chi connectivity index (χ0) is 12.4. The quantitative estimate of drug-likeness (QED) is 0.639. The van der Waals surface area contributed by atoms with Crippen LogP contribution in [0, 0.1) is 0 Å². The van der Waals surface area contributed by atoms with Crippen molar-refractivity contribution in [1.29, 1.82) is 0 Å². The number of carbonyl (C=O) groups excluding carboxylic acids is 2. The molecule has 0 spiro atoms. The molecular formula is C11H23N3O2. The molecule has 94 valence electrons. The van der Waals surface area contributed by atoms with Crippen LogP contribution in [-0.2, 0) is 4.79 Å². The van der Waals surface area contributed by atoms with Crippen LogP contribution in [0.15, 0.2) is 0 Å². The number of rotatable bonds is 7. The van der Waals surface area contributed by atoms with Crippen LogP contribution in [0.5, 0.6) is 0 Å². The van der Waals surface area contributed by atoms with E-state index in [2.05, 4.69) is 10.6 Å². The van der Waals surface area contributed by atoms with Gasteiger partial charge in [-0.1, -0.05) is 0 Å². The van der Waals surface area contributed by atoms with Gasteiger partial charge in [0.05, 0.1) is 0 Å². The van der Waals surface area contributed by atoms with Gasteiger partial charge in [-0.15, -0.1) is 0 Å². The summed E-state index contributed by atoms with van der Waals surface area (Å²) in [5.41, 5.74) is 0. The van der Waals surface area contributed by atoms with E-state index in [1.54, 1.807) is 4.90 Å². The average Bonchev–Trinajstić information content (AvgIpc) is 2.26. The molecule has 0 saturated carbocycles. The van der Waals surface area contributed by atoms with Gasteiger partial charge in [0.25, 0.3) is 0 Å². The normalized spacial score (nSPS) is 9.69. The summed E-state index contributed by atoms with van der Waals surface area (Å²) in [6.45, 7) is 8.45. The summed E-state index contributed by atoms with van der Waals surface area (Å²) in [6, 6.07) is -0.169. The van der Waals surface area contributed by atoms with E-state index in [0.717, 1.165) is 13.1 Å². The van der Waals surface area contributed by atoms with Crippen molar-refractivity contribution in [3.8, 4) is 0 Å². The Kier molecular flexibility index (Phi) is 8.29. The zero-order valence-corrected chi connectivity index (χ0v) is 10.5. The molecule has 16 heavy (non-hydrogen) atoms. The van der Waals surface area contributed by atoms with Crippen LogP contribution in [0.3, 0.4) is 0 Å². The SMILES string of the molecule is CCNC(=O)NCCCC(=O)N(CC)CC. The van der Waals surface area contributed by atoms with Crippen molar-refractivity contribution in [3.63, 3.8) is 0 Å². The molecule has 0 aliphatic heterocycles. The number of urea groups is 1. The molecule has 3 amide bonds. The van der Waals surface area contributed by atoms with Crippen LogP contribution in [0.2, 0.25) is 0 Å². The summed E-state index contributed by atoms with van der Waals surface area (Å²) in [6.07, 6.45) is 1.18. The standard InChI is InChI=1S/C11H23N3O2/c1-4-12-11(16)13-9-7-8-10(15)14(5-2)6-3/h4-9H2,1-3H3,(H2,12,13,16). The molecule has 0 bridgehead atoms. The third kappa shape index (κ3) is 6.27. The number of carbonyl (C=O) groups is 2. The Labute approximate surface area is 97.6 Å². The van der Waals surface area contributed by atoms with Crippen LogP contribution in [0.1, 0.15) is 33.6 Å². The third-order valence-electron chi connectivity index (χ3n) is 2.31. The van der Waals surface area contributed by atoms with Gasteiger partial charge in [-0.3, -0.25) is 4.79 Å². The molecule has 0 aromatic rings. The first-order valence-corrected chi connectivity index (χ1v) is 5.95. The van der Waals surface area contributed by atoms with E-state index in [-0.39, 0.29) is 11.9 Å². The molecule has 0 aromatic heterocycles. The Hall–Kier alpha value is -1.26. The number of nitrogens with zero attached hydrogens (tertiary/aromatic N) is 1. The Morgan fingerprint density at radius 3 is 2.19 bits per heavy atom. The zero-order valence-electron chi connectivity index (χ0n) is 10.5. The van der Waals surface area contributed by atoms with Crippen molar-refractivity contribution >= 4 is 11.9 Å². The largest absolute Gasteiger partial charge is 0.343 e. The summed E-state index contributed by atoms with van der Waals surface area (Å²) in [7, 11) is 0. The van der Waals surface area contributed by atoms with Gasteiger partial charge >= 0.3 is 6.03 Å². The van der Waals surface area contributed by atoms with E-state index >= 15 is 0 Å². The van der Waals surface area contributed by atoms with Crippen LogP contribution < -0.4 is 10.6 Å². The number of hydrogen-bond acceptors (Lipinski definition) is 2. The van der Waals surface area contributed by atoms with Gasteiger partial charge < -0.3 is 15.5 Å². The van der Waals surface area contributed by atoms with E-state index in [1.807, 2.05) is 20.8 Å². The summed E-state index contributed by atoms with van der Waals surface area (Å²) < 4.78 is 0. The lowest BCUT2D eigenvalue weighted by molar-refractivity contribution is -0.130. The minimum atomic E-state index is -0.169. The van der Waals surface area contributed by atoms with Gasteiger partial charge in [0.15, 0.2) is 0 Å². The molecule has 0 unspecified atom stereocenters. The second-order valence-corrected chi connectivity index (χ2v) is 3.46. The van der Waals surface area contributed by atoms with Gasteiger partial charge in [-0.25, -0.2) is 4.79 Å². The second-order valence-electron chi connectivity index (χ2n) is 3.46. The van der Waals surface area contributed by atoms with Gasteiger partial charge in [-0.2, -0.15) is 0 Å². The Bertz CT molecular complexity index is 215. The van der Waals surface area contributed by atoms with E-state index < -0.39 is 0 Å². The topological polar surface area (TPSA) is 61.4 Å². The van der Waals surface area contributed by atoms with Crippen molar-refractivity contribution in [1.82, 2.24) is 15.5 Å². The molecule has 5 nitrogen and oxygen atoms in total. The minimum Gasteiger partial charge on any atom is -0.343 e. The van der Waals surface area contributed by atoms with Crippen LogP contribution >= 0.6 is 0 Å². The fraction of sp³-hybridized carbons (Fsp3) is 0.818. The fourth-order valence-corrected chi connectivity index (χ4v) is 1.40. The summed E-state index contributed by atoms with van der Waals surface area (Å²) in [5, 5.41) is 5.33. The second kappa shape index (κ2) is 9.00. The smallest absolute Gasteiger partial charge is 0.314 e. The van der Waals surface area contributed by atoms with Crippen molar-refractivity contribution < 1.29 is 9.59 Å². The van der Waals surface area contributed by atoms with Gasteiger partial charge in [0.2, 0.25) is 5.91 Å². The summed E-state index contributed by atoms with van der Waals surface area (Å²) >= 11 is 0. The Morgan fingerprint density at radius 2 is 1.69 bits per heavy atom. The maximum absolute atomic E-state index is 11.6. The molecule has 0 atom stereocenters. The number of nitrogens with one attached hydrogen (secondary N) is 2. The summed E-state index contributed by atoms with van der Waals surface area (Å²) in [5.74, 6) is 0.155. The van der Waals surface area contributed by atoms with E-state index in [1.165, 1.54) is 0 Å². The van der Waals surface area contributed by atoms with E-state index in [9.17, 15) is 9.59 Å². The predicted octanol–water partition coefficient (Wildman–Crippen LogP) is 0.954. The van der Waals surface area contributed by atoms with Crippen molar-refractivity contribution in [2.45, 2.75) is 33.6 Å². The molecule has 0 heterocycles. The Morgan fingerprint density at radius 1 is 1.06 bits per heavy atom. The van der Waals surface area contributed by atoms with E-state index in [4.69, 9.17) is 0 Å². The molecule has 0 radical (unpaired) electrons. The molecule has 5 heteroatoms. The highest BCUT2D eigenvalue weighted by Gasteiger charge is 2.08. The average molecular weight is 229 g/mol.